The number of aliphatic carboxylic acids is 1. The van der Waals surface area contributed by atoms with Gasteiger partial charge in [-0.1, -0.05) is 25.1 Å². The summed E-state index contributed by atoms with van der Waals surface area (Å²) < 4.78 is 5.14. The minimum atomic E-state index is -1.27. The van der Waals surface area contributed by atoms with E-state index in [1.165, 1.54) is 7.11 Å². The van der Waals surface area contributed by atoms with Crippen molar-refractivity contribution in [1.82, 2.24) is 4.90 Å². The predicted octanol–water partition coefficient (Wildman–Crippen LogP) is 1.56. The Bertz CT molecular complexity index is 528. The SMILES string of the molecule is CCc1ccccc1C(=O)N1CCC(OC)(C(=O)O)C1. The van der Waals surface area contributed by atoms with E-state index in [2.05, 4.69) is 0 Å². The summed E-state index contributed by atoms with van der Waals surface area (Å²) in [6, 6.07) is 7.43. The van der Waals surface area contributed by atoms with E-state index >= 15 is 0 Å². The zero-order valence-corrected chi connectivity index (χ0v) is 11.8. The van der Waals surface area contributed by atoms with Crippen LogP contribution in [-0.4, -0.2) is 47.7 Å². The van der Waals surface area contributed by atoms with Crippen molar-refractivity contribution in [3.05, 3.63) is 35.4 Å². The molecule has 1 aromatic carbocycles. The second-order valence-electron chi connectivity index (χ2n) is 4.99. The number of aryl methyl sites for hydroxylation is 1. The van der Waals surface area contributed by atoms with Crippen molar-refractivity contribution in [3.63, 3.8) is 0 Å². The maximum atomic E-state index is 12.5. The number of hydrogen-bond acceptors (Lipinski definition) is 3. The monoisotopic (exact) mass is 277 g/mol. The van der Waals surface area contributed by atoms with Crippen molar-refractivity contribution >= 4 is 11.9 Å². The summed E-state index contributed by atoms with van der Waals surface area (Å²) in [5.74, 6) is -1.14. The lowest BCUT2D eigenvalue weighted by Crippen LogP contribution is -2.44. The zero-order valence-electron chi connectivity index (χ0n) is 11.8. The van der Waals surface area contributed by atoms with Crippen molar-refractivity contribution in [1.29, 1.82) is 0 Å². The number of ether oxygens (including phenoxy) is 1. The van der Waals surface area contributed by atoms with Gasteiger partial charge >= 0.3 is 5.97 Å². The molecule has 0 saturated carbocycles. The fourth-order valence-corrected chi connectivity index (χ4v) is 2.59. The summed E-state index contributed by atoms with van der Waals surface area (Å²) in [5, 5.41) is 9.27. The van der Waals surface area contributed by atoms with Gasteiger partial charge in [-0.25, -0.2) is 4.79 Å². The van der Waals surface area contributed by atoms with Crippen molar-refractivity contribution in [2.75, 3.05) is 20.2 Å². The second-order valence-corrected chi connectivity index (χ2v) is 4.99. The molecule has 108 valence electrons. The second kappa shape index (κ2) is 5.63. The van der Waals surface area contributed by atoms with Crippen molar-refractivity contribution in [3.8, 4) is 0 Å². The fourth-order valence-electron chi connectivity index (χ4n) is 2.59. The van der Waals surface area contributed by atoms with E-state index in [1.54, 1.807) is 11.0 Å². The minimum Gasteiger partial charge on any atom is -0.479 e. The minimum absolute atomic E-state index is 0.0930. The van der Waals surface area contributed by atoms with Gasteiger partial charge in [0.2, 0.25) is 0 Å². The third-order valence-corrected chi connectivity index (χ3v) is 3.93. The van der Waals surface area contributed by atoms with E-state index in [1.807, 2.05) is 25.1 Å². The summed E-state index contributed by atoms with van der Waals surface area (Å²) in [7, 11) is 1.38. The third-order valence-electron chi connectivity index (χ3n) is 3.93. The Kier molecular flexibility index (Phi) is 4.09. The van der Waals surface area contributed by atoms with Crippen LogP contribution in [0, 0.1) is 0 Å². The number of carbonyl (C=O) groups is 2. The average Bonchev–Trinajstić information content (AvgIpc) is 2.92. The summed E-state index contributed by atoms with van der Waals surface area (Å²) in [5.41, 5.74) is 0.353. The van der Waals surface area contributed by atoms with Crippen LogP contribution in [0.4, 0.5) is 0 Å². The van der Waals surface area contributed by atoms with Gasteiger partial charge in [0.25, 0.3) is 5.91 Å². The molecule has 5 heteroatoms. The Balaban J connectivity index is 2.22. The van der Waals surface area contributed by atoms with Crippen LogP contribution in [0.15, 0.2) is 24.3 Å². The van der Waals surface area contributed by atoms with Gasteiger partial charge in [-0.05, 0) is 18.1 Å². The van der Waals surface area contributed by atoms with Crippen molar-refractivity contribution < 1.29 is 19.4 Å². The average molecular weight is 277 g/mol. The molecule has 1 unspecified atom stereocenters. The molecule has 20 heavy (non-hydrogen) atoms. The molecule has 1 aliphatic heterocycles. The number of methoxy groups -OCH3 is 1. The lowest BCUT2D eigenvalue weighted by Gasteiger charge is -2.23. The van der Waals surface area contributed by atoms with Crippen LogP contribution in [0.3, 0.4) is 0 Å². The summed E-state index contributed by atoms with van der Waals surface area (Å²) in [4.78, 5) is 25.4. The lowest BCUT2D eigenvalue weighted by atomic mass is 10.0. The first-order valence-corrected chi connectivity index (χ1v) is 6.70. The Morgan fingerprint density at radius 3 is 2.65 bits per heavy atom. The maximum Gasteiger partial charge on any atom is 0.337 e. The van der Waals surface area contributed by atoms with Gasteiger partial charge in [-0.15, -0.1) is 0 Å². The highest BCUT2D eigenvalue weighted by molar-refractivity contribution is 5.96. The van der Waals surface area contributed by atoms with Gasteiger partial charge in [0.1, 0.15) is 0 Å². The van der Waals surface area contributed by atoms with Gasteiger partial charge in [-0.3, -0.25) is 4.79 Å². The predicted molar refractivity (Wildman–Crippen MR) is 73.7 cm³/mol. The number of amides is 1. The van der Waals surface area contributed by atoms with Gasteiger partial charge in [0.15, 0.2) is 5.60 Å². The molecule has 1 aliphatic rings. The fraction of sp³-hybridized carbons (Fsp3) is 0.467. The molecular weight excluding hydrogens is 258 g/mol. The number of likely N-dealkylation sites (tertiary alicyclic amines) is 1. The van der Waals surface area contributed by atoms with E-state index in [0.29, 0.717) is 18.5 Å². The van der Waals surface area contributed by atoms with Gasteiger partial charge in [0.05, 0.1) is 6.54 Å². The van der Waals surface area contributed by atoms with Gasteiger partial charge in [0, 0.05) is 25.6 Å². The highest BCUT2D eigenvalue weighted by atomic mass is 16.5. The van der Waals surface area contributed by atoms with Crippen LogP contribution >= 0.6 is 0 Å². The number of nitrogens with zero attached hydrogens (tertiary/aromatic N) is 1. The van der Waals surface area contributed by atoms with E-state index < -0.39 is 11.6 Å². The Morgan fingerprint density at radius 2 is 2.10 bits per heavy atom. The lowest BCUT2D eigenvalue weighted by molar-refractivity contribution is -0.160. The maximum absolute atomic E-state index is 12.5. The standard InChI is InChI=1S/C15H19NO4/c1-3-11-6-4-5-7-12(11)13(17)16-9-8-15(10-16,20-2)14(18)19/h4-7H,3,8-10H2,1-2H3,(H,18,19). The molecule has 1 atom stereocenters. The first-order valence-electron chi connectivity index (χ1n) is 6.70. The quantitative estimate of drug-likeness (QED) is 0.907. The van der Waals surface area contributed by atoms with E-state index in [-0.39, 0.29) is 12.5 Å². The summed E-state index contributed by atoms with van der Waals surface area (Å²) in [6.45, 7) is 2.49. The summed E-state index contributed by atoms with van der Waals surface area (Å²) in [6.07, 6.45) is 1.09. The number of benzene rings is 1. The molecular formula is C15H19NO4. The first kappa shape index (κ1) is 14.5. The summed E-state index contributed by atoms with van der Waals surface area (Å²) >= 11 is 0. The largest absolute Gasteiger partial charge is 0.479 e. The Labute approximate surface area is 118 Å². The van der Waals surface area contributed by atoms with Crippen molar-refractivity contribution in [2.45, 2.75) is 25.4 Å². The number of carboxylic acid groups (broad SMARTS) is 1. The highest BCUT2D eigenvalue weighted by Gasteiger charge is 2.46. The van der Waals surface area contributed by atoms with E-state index in [0.717, 1.165) is 12.0 Å². The molecule has 5 nitrogen and oxygen atoms in total. The van der Waals surface area contributed by atoms with Crippen LogP contribution in [0.1, 0.15) is 29.3 Å². The molecule has 0 bridgehead atoms. The van der Waals surface area contributed by atoms with E-state index in [4.69, 9.17) is 4.74 Å². The van der Waals surface area contributed by atoms with Crippen LogP contribution in [-0.2, 0) is 16.0 Å². The van der Waals surface area contributed by atoms with Gasteiger partial charge in [-0.2, -0.15) is 0 Å². The highest BCUT2D eigenvalue weighted by Crippen LogP contribution is 2.27. The molecule has 0 spiro atoms. The zero-order chi connectivity index (χ0) is 14.8. The number of hydrogen-bond donors (Lipinski definition) is 1. The number of carbonyl (C=O) groups excluding carboxylic acids is 1. The number of carboxylic acids is 1. The third kappa shape index (κ3) is 2.41. The van der Waals surface area contributed by atoms with Crippen LogP contribution in [0.25, 0.3) is 0 Å². The van der Waals surface area contributed by atoms with Crippen LogP contribution < -0.4 is 0 Å². The molecule has 1 aromatic rings. The van der Waals surface area contributed by atoms with Crippen LogP contribution in [0.5, 0.6) is 0 Å². The number of rotatable bonds is 4. The van der Waals surface area contributed by atoms with E-state index in [9.17, 15) is 14.7 Å². The first-order chi connectivity index (χ1) is 9.54. The molecule has 1 saturated heterocycles. The smallest absolute Gasteiger partial charge is 0.337 e. The molecule has 1 fully saturated rings. The molecule has 1 heterocycles. The molecule has 0 radical (unpaired) electrons. The van der Waals surface area contributed by atoms with Crippen LogP contribution in [0.2, 0.25) is 0 Å². The normalized spacial score (nSPS) is 22.0. The molecule has 0 aliphatic carbocycles. The van der Waals surface area contributed by atoms with Crippen molar-refractivity contribution in [2.24, 2.45) is 0 Å². The Morgan fingerprint density at radius 1 is 1.40 bits per heavy atom. The molecule has 1 N–H and O–H groups in total. The van der Waals surface area contributed by atoms with Gasteiger partial charge < -0.3 is 14.7 Å². The Hall–Kier alpha value is -1.88. The molecule has 2 rings (SSSR count). The topological polar surface area (TPSA) is 66.8 Å². The molecule has 1 amide bonds. The molecule has 0 aromatic heterocycles.